The van der Waals surface area contributed by atoms with Gasteiger partial charge in [-0.25, -0.2) is 9.97 Å². The van der Waals surface area contributed by atoms with Crippen molar-refractivity contribution < 1.29 is 4.74 Å². The summed E-state index contributed by atoms with van der Waals surface area (Å²) in [5.41, 5.74) is 7.90. The van der Waals surface area contributed by atoms with Crippen molar-refractivity contribution in [3.05, 3.63) is 127 Å². The van der Waals surface area contributed by atoms with Crippen LogP contribution in [-0.4, -0.2) is 19.1 Å². The molecule has 0 saturated carbocycles. The molecule has 0 radical (unpaired) electrons. The van der Waals surface area contributed by atoms with E-state index in [1.165, 1.54) is 21.9 Å². The summed E-state index contributed by atoms with van der Waals surface area (Å²) in [5.74, 6) is 3.48. The van der Waals surface area contributed by atoms with Crippen molar-refractivity contribution in [2.75, 3.05) is 4.90 Å². The summed E-state index contributed by atoms with van der Waals surface area (Å²) >= 11 is 0. The standard InChI is InChI=1S/C41H39N5O/c1-40(2,3)27-17-18-42-38(23-27)46-36-14-10-7-11-32(36)33-16-15-30(25-37(33)46)47-31-22-28(41(4,5)6)21-29(24-31)45-26-44-20-19-43-39(44)34-12-8-9-13-35(34)45/h7-25H,26H2,1-6H3. The molecule has 0 saturated heterocycles. The van der Waals surface area contributed by atoms with Crippen LogP contribution in [0.25, 0.3) is 39.0 Å². The third kappa shape index (κ3) is 5.05. The normalized spacial score (nSPS) is 13.2. The number of nitrogens with zero attached hydrogens (tertiary/aromatic N) is 5. The van der Waals surface area contributed by atoms with Crippen LogP contribution in [0.2, 0.25) is 0 Å². The largest absolute Gasteiger partial charge is 0.457 e. The Hall–Kier alpha value is -5.36. The van der Waals surface area contributed by atoms with E-state index in [1.807, 2.05) is 18.6 Å². The minimum absolute atomic E-state index is 0.00873. The highest BCUT2D eigenvalue weighted by Gasteiger charge is 2.26. The van der Waals surface area contributed by atoms with Gasteiger partial charge < -0.3 is 14.2 Å². The highest BCUT2D eigenvalue weighted by Crippen LogP contribution is 2.43. The van der Waals surface area contributed by atoms with Gasteiger partial charge in [-0.15, -0.1) is 0 Å². The summed E-state index contributed by atoms with van der Waals surface area (Å²) in [6, 6.07) is 34.4. The Labute approximate surface area is 275 Å². The summed E-state index contributed by atoms with van der Waals surface area (Å²) in [7, 11) is 0. The van der Waals surface area contributed by atoms with Gasteiger partial charge in [0.2, 0.25) is 0 Å². The van der Waals surface area contributed by atoms with Crippen molar-refractivity contribution >= 4 is 33.2 Å². The number of anilines is 2. The Bertz CT molecular complexity index is 2300. The molecule has 0 bridgehead atoms. The molecule has 6 nitrogen and oxygen atoms in total. The number of benzene rings is 4. The average Bonchev–Trinajstić information content (AvgIpc) is 3.66. The Morgan fingerprint density at radius 3 is 2.23 bits per heavy atom. The average molecular weight is 618 g/mol. The third-order valence-electron chi connectivity index (χ3n) is 9.24. The zero-order chi connectivity index (χ0) is 32.5. The van der Waals surface area contributed by atoms with Gasteiger partial charge in [-0.1, -0.05) is 71.9 Å². The number of fused-ring (bicyclic) bond motifs is 6. The highest BCUT2D eigenvalue weighted by molar-refractivity contribution is 6.09. The minimum Gasteiger partial charge on any atom is -0.457 e. The van der Waals surface area contributed by atoms with Gasteiger partial charge in [-0.2, -0.15) is 0 Å². The first-order chi connectivity index (χ1) is 22.5. The van der Waals surface area contributed by atoms with Gasteiger partial charge >= 0.3 is 0 Å². The van der Waals surface area contributed by atoms with Gasteiger partial charge in [0, 0.05) is 52.7 Å². The number of hydrogen-bond acceptors (Lipinski definition) is 4. The number of aromatic nitrogens is 4. The second kappa shape index (κ2) is 10.6. The number of para-hydroxylation sites is 2. The first-order valence-corrected chi connectivity index (χ1v) is 16.3. The molecule has 3 aromatic heterocycles. The molecule has 234 valence electrons. The van der Waals surface area contributed by atoms with E-state index in [1.54, 1.807) is 0 Å². The monoisotopic (exact) mass is 617 g/mol. The lowest BCUT2D eigenvalue weighted by molar-refractivity contribution is 0.479. The van der Waals surface area contributed by atoms with Gasteiger partial charge in [0.15, 0.2) is 0 Å². The van der Waals surface area contributed by atoms with Crippen LogP contribution in [0.3, 0.4) is 0 Å². The van der Waals surface area contributed by atoms with Gasteiger partial charge in [-0.3, -0.25) is 4.57 Å². The van der Waals surface area contributed by atoms with Crippen molar-refractivity contribution in [1.29, 1.82) is 0 Å². The summed E-state index contributed by atoms with van der Waals surface area (Å²) < 4.78 is 11.2. The lowest BCUT2D eigenvalue weighted by atomic mass is 9.86. The maximum atomic E-state index is 6.78. The maximum absolute atomic E-state index is 6.78. The molecule has 0 fully saturated rings. The number of imidazole rings is 1. The molecule has 0 N–H and O–H groups in total. The Morgan fingerprint density at radius 2 is 1.40 bits per heavy atom. The molecule has 0 amide bonds. The summed E-state index contributed by atoms with van der Waals surface area (Å²) in [6.07, 6.45) is 5.84. The van der Waals surface area contributed by atoms with Gasteiger partial charge in [0.05, 0.1) is 16.7 Å². The minimum atomic E-state index is -0.0797. The Morgan fingerprint density at radius 1 is 0.638 bits per heavy atom. The SMILES string of the molecule is CC(C)(C)c1cc(Oc2ccc3c4ccccc4n(-c4cc(C(C)(C)C)ccn4)c3c2)cc(N2Cn3ccnc3-c3ccccc32)c1. The molecular weight excluding hydrogens is 578 g/mol. The van der Waals surface area contributed by atoms with Crippen LogP contribution in [0.5, 0.6) is 11.5 Å². The number of rotatable bonds is 4. The van der Waals surface area contributed by atoms with Crippen LogP contribution in [-0.2, 0) is 17.5 Å². The van der Waals surface area contributed by atoms with Gasteiger partial charge in [-0.05, 0) is 76.6 Å². The fourth-order valence-corrected chi connectivity index (χ4v) is 6.65. The molecule has 0 unspecified atom stereocenters. The quantitative estimate of drug-likeness (QED) is 0.197. The van der Waals surface area contributed by atoms with E-state index in [4.69, 9.17) is 9.72 Å². The smallest absolute Gasteiger partial charge is 0.143 e. The van der Waals surface area contributed by atoms with E-state index < -0.39 is 0 Å². The van der Waals surface area contributed by atoms with Crippen LogP contribution >= 0.6 is 0 Å². The van der Waals surface area contributed by atoms with Crippen molar-refractivity contribution in [2.24, 2.45) is 0 Å². The topological polar surface area (TPSA) is 48.1 Å². The van der Waals surface area contributed by atoms with Crippen LogP contribution in [0.4, 0.5) is 11.4 Å². The Balaban J connectivity index is 1.25. The molecule has 4 heterocycles. The highest BCUT2D eigenvalue weighted by atomic mass is 16.5. The molecule has 8 rings (SSSR count). The lowest BCUT2D eigenvalue weighted by Gasteiger charge is -2.33. The molecule has 4 aromatic carbocycles. The van der Waals surface area contributed by atoms with Gasteiger partial charge in [0.25, 0.3) is 0 Å². The fraction of sp³-hybridized carbons (Fsp3) is 0.220. The predicted octanol–water partition coefficient (Wildman–Crippen LogP) is 10.5. The molecule has 0 spiro atoms. The Kier molecular flexibility index (Phi) is 6.55. The predicted molar refractivity (Wildman–Crippen MR) is 192 cm³/mol. The maximum Gasteiger partial charge on any atom is 0.143 e. The number of ether oxygens (including phenoxy) is 1. The first-order valence-electron chi connectivity index (χ1n) is 16.3. The van der Waals surface area contributed by atoms with E-state index in [0.29, 0.717) is 6.67 Å². The second-order valence-electron chi connectivity index (χ2n) is 14.6. The van der Waals surface area contributed by atoms with Crippen molar-refractivity contribution in [3.63, 3.8) is 0 Å². The van der Waals surface area contributed by atoms with E-state index >= 15 is 0 Å². The molecule has 1 aliphatic heterocycles. The van der Waals surface area contributed by atoms with Crippen molar-refractivity contribution in [2.45, 2.75) is 59.0 Å². The summed E-state index contributed by atoms with van der Waals surface area (Å²) in [4.78, 5) is 11.8. The summed E-state index contributed by atoms with van der Waals surface area (Å²) in [5, 5.41) is 2.36. The lowest BCUT2D eigenvalue weighted by Crippen LogP contribution is -2.26. The van der Waals surface area contributed by atoms with Gasteiger partial charge in [0.1, 0.15) is 29.8 Å². The number of hydrogen-bond donors (Lipinski definition) is 0. The zero-order valence-corrected chi connectivity index (χ0v) is 27.8. The van der Waals surface area contributed by atoms with E-state index in [9.17, 15) is 0 Å². The van der Waals surface area contributed by atoms with Crippen LogP contribution in [0.1, 0.15) is 52.7 Å². The molecule has 7 aromatic rings. The molecule has 47 heavy (non-hydrogen) atoms. The van der Waals surface area contributed by atoms with Crippen LogP contribution < -0.4 is 9.64 Å². The first kappa shape index (κ1) is 29.1. The van der Waals surface area contributed by atoms with Crippen LogP contribution in [0, 0.1) is 0 Å². The van der Waals surface area contributed by atoms with Crippen molar-refractivity contribution in [1.82, 2.24) is 19.1 Å². The summed E-state index contributed by atoms with van der Waals surface area (Å²) in [6.45, 7) is 14.1. The van der Waals surface area contributed by atoms with E-state index in [-0.39, 0.29) is 10.8 Å². The van der Waals surface area contributed by atoms with Crippen LogP contribution in [0.15, 0.2) is 116 Å². The number of pyridine rings is 1. The fourth-order valence-electron chi connectivity index (χ4n) is 6.65. The molecule has 1 aliphatic rings. The van der Waals surface area contributed by atoms with E-state index in [2.05, 4.69) is 158 Å². The zero-order valence-electron chi connectivity index (χ0n) is 27.8. The van der Waals surface area contributed by atoms with E-state index in [0.717, 1.165) is 51.1 Å². The molecule has 6 heteroatoms. The molecule has 0 aliphatic carbocycles. The van der Waals surface area contributed by atoms with Crippen molar-refractivity contribution in [3.8, 4) is 28.7 Å². The molecule has 0 atom stereocenters. The molecular formula is C41H39N5O. The second-order valence-corrected chi connectivity index (χ2v) is 14.6. The third-order valence-corrected chi connectivity index (χ3v) is 9.24.